The third kappa shape index (κ3) is 5.54. The molecule has 1 aromatic carbocycles. The average Bonchev–Trinajstić information content (AvgIpc) is 3.00. The summed E-state index contributed by atoms with van der Waals surface area (Å²) in [6, 6.07) is 5.23. The van der Waals surface area contributed by atoms with Gasteiger partial charge in [0.05, 0.1) is 0 Å². The molecule has 3 nitrogen and oxygen atoms in total. The van der Waals surface area contributed by atoms with Gasteiger partial charge in [0, 0.05) is 40.5 Å². The highest BCUT2D eigenvalue weighted by Crippen LogP contribution is 2.36. The number of rotatable bonds is 5. The van der Waals surface area contributed by atoms with Crippen molar-refractivity contribution in [1.29, 1.82) is 0 Å². The Bertz CT molecular complexity index is 626. The predicted octanol–water partition coefficient (Wildman–Crippen LogP) is 5.06. The Morgan fingerprint density at radius 1 is 1.04 bits per heavy atom. The molecular weight excluding hydrogens is 381 g/mol. The number of hydrogen-bond acceptors (Lipinski definition) is 2. The third-order valence-electron chi connectivity index (χ3n) is 5.42. The van der Waals surface area contributed by atoms with Gasteiger partial charge < -0.3 is 10.6 Å². The summed E-state index contributed by atoms with van der Waals surface area (Å²) >= 11 is 11.9. The fraction of sp³-hybridized carbons (Fsp3) is 0.632. The quantitative estimate of drug-likeness (QED) is 0.719. The van der Waals surface area contributed by atoms with E-state index >= 15 is 0 Å². The van der Waals surface area contributed by atoms with Gasteiger partial charge in [0.25, 0.3) is 5.91 Å². The molecule has 3 rings (SSSR count). The second-order valence-electron chi connectivity index (χ2n) is 7.55. The highest BCUT2D eigenvalue weighted by molar-refractivity contribution is 6.35. The molecular formula is C19H24Cl2F2N2O. The van der Waals surface area contributed by atoms with E-state index in [0.29, 0.717) is 40.4 Å². The fourth-order valence-electron chi connectivity index (χ4n) is 3.89. The van der Waals surface area contributed by atoms with Gasteiger partial charge in [-0.15, -0.1) is 0 Å². The van der Waals surface area contributed by atoms with Gasteiger partial charge in [0.15, 0.2) is 0 Å². The number of alkyl halides is 2. The predicted molar refractivity (Wildman–Crippen MR) is 100 cm³/mol. The summed E-state index contributed by atoms with van der Waals surface area (Å²) in [6.07, 6.45) is 3.91. The number of nitrogens with one attached hydrogen (secondary N) is 2. The molecule has 0 aliphatic heterocycles. The highest BCUT2D eigenvalue weighted by atomic mass is 35.5. The first-order valence-electron chi connectivity index (χ1n) is 9.19. The van der Waals surface area contributed by atoms with Crippen molar-refractivity contribution in [2.75, 3.05) is 6.54 Å². The van der Waals surface area contributed by atoms with Crippen molar-refractivity contribution in [3.8, 4) is 0 Å². The van der Waals surface area contributed by atoms with E-state index in [-0.39, 0.29) is 24.8 Å². The van der Waals surface area contributed by atoms with Gasteiger partial charge in [0.2, 0.25) is 5.92 Å². The first-order valence-corrected chi connectivity index (χ1v) is 9.94. The molecule has 0 spiro atoms. The van der Waals surface area contributed by atoms with Gasteiger partial charge in [-0.25, -0.2) is 8.78 Å². The molecule has 0 saturated heterocycles. The molecule has 2 atom stereocenters. The SMILES string of the molecule is O=C(N[C@H]1CC[C@H](NCC2CCC(F)(F)CC2)C1)c1cc(Cl)cc(Cl)c1. The lowest BCUT2D eigenvalue weighted by Crippen LogP contribution is -2.37. The Labute approximate surface area is 162 Å². The molecule has 0 bridgehead atoms. The lowest BCUT2D eigenvalue weighted by molar-refractivity contribution is -0.0456. The highest BCUT2D eigenvalue weighted by Gasteiger charge is 2.35. The zero-order valence-corrected chi connectivity index (χ0v) is 16.1. The second kappa shape index (κ2) is 8.41. The molecule has 2 aliphatic rings. The van der Waals surface area contributed by atoms with E-state index in [1.807, 2.05) is 0 Å². The van der Waals surface area contributed by atoms with E-state index in [1.54, 1.807) is 18.2 Å². The van der Waals surface area contributed by atoms with Crippen molar-refractivity contribution in [3.63, 3.8) is 0 Å². The van der Waals surface area contributed by atoms with E-state index in [2.05, 4.69) is 10.6 Å². The lowest BCUT2D eigenvalue weighted by Gasteiger charge is -2.29. The second-order valence-corrected chi connectivity index (χ2v) is 8.42. The summed E-state index contributed by atoms with van der Waals surface area (Å²) in [5.41, 5.74) is 0.460. The van der Waals surface area contributed by atoms with E-state index in [4.69, 9.17) is 23.2 Å². The number of benzene rings is 1. The molecule has 2 fully saturated rings. The first kappa shape index (κ1) is 19.8. The molecule has 1 amide bonds. The first-order chi connectivity index (χ1) is 12.3. The van der Waals surface area contributed by atoms with Crippen molar-refractivity contribution in [2.45, 2.75) is 63.0 Å². The van der Waals surface area contributed by atoms with Crippen LogP contribution in [-0.4, -0.2) is 30.5 Å². The summed E-state index contributed by atoms with van der Waals surface area (Å²) in [5, 5.41) is 7.41. The van der Waals surface area contributed by atoms with Crippen LogP contribution in [0.4, 0.5) is 8.78 Å². The molecule has 0 heterocycles. The maximum Gasteiger partial charge on any atom is 0.251 e. The number of amides is 1. The monoisotopic (exact) mass is 404 g/mol. The number of hydrogen-bond donors (Lipinski definition) is 2. The van der Waals surface area contributed by atoms with Crippen LogP contribution in [0.1, 0.15) is 55.3 Å². The fourth-order valence-corrected chi connectivity index (χ4v) is 4.42. The molecule has 0 aromatic heterocycles. The van der Waals surface area contributed by atoms with E-state index in [0.717, 1.165) is 25.8 Å². The number of halogens is 4. The van der Waals surface area contributed by atoms with Crippen LogP contribution in [-0.2, 0) is 0 Å². The minimum absolute atomic E-state index is 0.00485. The zero-order chi connectivity index (χ0) is 18.7. The number of carbonyl (C=O) groups is 1. The van der Waals surface area contributed by atoms with Gasteiger partial charge >= 0.3 is 0 Å². The van der Waals surface area contributed by atoms with Crippen molar-refractivity contribution in [2.24, 2.45) is 5.92 Å². The van der Waals surface area contributed by atoms with Crippen LogP contribution in [0.3, 0.4) is 0 Å². The molecule has 144 valence electrons. The molecule has 2 saturated carbocycles. The Hall–Kier alpha value is -0.910. The molecule has 7 heteroatoms. The van der Waals surface area contributed by atoms with Gasteiger partial charge in [-0.2, -0.15) is 0 Å². The lowest BCUT2D eigenvalue weighted by atomic mass is 9.86. The number of carbonyl (C=O) groups excluding carboxylic acids is 1. The smallest absolute Gasteiger partial charge is 0.251 e. The average molecular weight is 405 g/mol. The Balaban J connectivity index is 1.42. The maximum absolute atomic E-state index is 13.2. The topological polar surface area (TPSA) is 41.1 Å². The Morgan fingerprint density at radius 3 is 2.31 bits per heavy atom. The van der Waals surface area contributed by atoms with Crippen LogP contribution in [0.15, 0.2) is 18.2 Å². The largest absolute Gasteiger partial charge is 0.349 e. The van der Waals surface area contributed by atoms with E-state index in [1.165, 1.54) is 0 Å². The van der Waals surface area contributed by atoms with Gasteiger partial charge in [-0.3, -0.25) is 4.79 Å². The summed E-state index contributed by atoms with van der Waals surface area (Å²) < 4.78 is 26.4. The summed E-state index contributed by atoms with van der Waals surface area (Å²) in [6.45, 7) is 0.783. The third-order valence-corrected chi connectivity index (χ3v) is 5.86. The molecule has 1 aromatic rings. The van der Waals surface area contributed by atoms with Crippen LogP contribution in [0, 0.1) is 5.92 Å². The van der Waals surface area contributed by atoms with Crippen LogP contribution in [0.25, 0.3) is 0 Å². The van der Waals surface area contributed by atoms with E-state index in [9.17, 15) is 13.6 Å². The van der Waals surface area contributed by atoms with Crippen LogP contribution in [0.5, 0.6) is 0 Å². The van der Waals surface area contributed by atoms with Crippen LogP contribution in [0.2, 0.25) is 10.0 Å². The van der Waals surface area contributed by atoms with Crippen LogP contribution < -0.4 is 10.6 Å². The molecule has 0 radical (unpaired) electrons. The van der Waals surface area contributed by atoms with Gasteiger partial charge in [-0.05, 0) is 62.8 Å². The van der Waals surface area contributed by atoms with Crippen molar-refractivity contribution in [3.05, 3.63) is 33.8 Å². The molecule has 2 aliphatic carbocycles. The Morgan fingerprint density at radius 2 is 1.65 bits per heavy atom. The molecule has 26 heavy (non-hydrogen) atoms. The minimum atomic E-state index is -2.47. The standard InChI is InChI=1S/C19H24Cl2F2N2O/c20-14-7-13(8-15(21)9-14)18(26)25-17-2-1-16(10-17)24-11-12-3-5-19(22,23)6-4-12/h7-9,12,16-17,24H,1-6,10-11H2,(H,25,26)/t16-,17-/m0/s1. The normalized spacial score (nSPS) is 26.0. The maximum atomic E-state index is 13.2. The summed E-state index contributed by atoms with van der Waals surface area (Å²) in [4.78, 5) is 12.4. The summed E-state index contributed by atoms with van der Waals surface area (Å²) in [7, 11) is 0. The molecule has 2 N–H and O–H groups in total. The van der Waals surface area contributed by atoms with Gasteiger partial charge in [0.1, 0.15) is 0 Å². The van der Waals surface area contributed by atoms with Crippen molar-refractivity contribution >= 4 is 29.1 Å². The minimum Gasteiger partial charge on any atom is -0.349 e. The van der Waals surface area contributed by atoms with Crippen molar-refractivity contribution in [1.82, 2.24) is 10.6 Å². The van der Waals surface area contributed by atoms with Crippen molar-refractivity contribution < 1.29 is 13.6 Å². The van der Waals surface area contributed by atoms with Crippen LogP contribution >= 0.6 is 23.2 Å². The summed E-state index contributed by atoms with van der Waals surface area (Å²) in [5.74, 6) is -2.31. The van der Waals surface area contributed by atoms with Gasteiger partial charge in [-0.1, -0.05) is 23.2 Å². The Kier molecular flexibility index (Phi) is 6.41. The zero-order valence-electron chi connectivity index (χ0n) is 14.5. The van der Waals surface area contributed by atoms with E-state index < -0.39 is 5.92 Å². The molecule has 0 unspecified atom stereocenters.